The van der Waals surface area contributed by atoms with E-state index in [4.69, 9.17) is 10.5 Å². The Kier molecular flexibility index (Phi) is 4.22. The summed E-state index contributed by atoms with van der Waals surface area (Å²) in [5.74, 6) is 1.06. The van der Waals surface area contributed by atoms with Crippen molar-refractivity contribution in [3.05, 3.63) is 57.8 Å². The van der Waals surface area contributed by atoms with Gasteiger partial charge in [-0.1, -0.05) is 22.0 Å². The third-order valence-corrected chi connectivity index (χ3v) is 3.51. The van der Waals surface area contributed by atoms with E-state index in [2.05, 4.69) is 15.9 Å². The molecule has 0 bridgehead atoms. The van der Waals surface area contributed by atoms with Gasteiger partial charge in [0.25, 0.3) is 0 Å². The van der Waals surface area contributed by atoms with Crippen LogP contribution in [0.1, 0.15) is 24.1 Å². The van der Waals surface area contributed by atoms with Gasteiger partial charge in [-0.3, -0.25) is 0 Å². The number of hydrogen-bond donors (Lipinski definition) is 1. The third kappa shape index (κ3) is 3.33. The minimum absolute atomic E-state index is 0.0454. The zero-order valence-corrected chi connectivity index (χ0v) is 12.4. The van der Waals surface area contributed by atoms with Crippen molar-refractivity contribution in [2.75, 3.05) is 0 Å². The van der Waals surface area contributed by atoms with Crippen LogP contribution in [0.4, 0.5) is 4.39 Å². The molecule has 0 saturated carbocycles. The topological polar surface area (TPSA) is 35.2 Å². The van der Waals surface area contributed by atoms with Crippen LogP contribution in [-0.2, 0) is 0 Å². The molecule has 0 aliphatic carbocycles. The Morgan fingerprint density at radius 2 is 1.95 bits per heavy atom. The van der Waals surface area contributed by atoms with Gasteiger partial charge < -0.3 is 10.5 Å². The largest absolute Gasteiger partial charge is 0.457 e. The molecular formula is C15H15BrFNO. The van der Waals surface area contributed by atoms with Crippen molar-refractivity contribution in [1.29, 1.82) is 0 Å². The quantitative estimate of drug-likeness (QED) is 0.887. The van der Waals surface area contributed by atoms with Gasteiger partial charge in [-0.25, -0.2) is 4.39 Å². The van der Waals surface area contributed by atoms with Crippen molar-refractivity contribution in [1.82, 2.24) is 0 Å². The summed E-state index contributed by atoms with van der Waals surface area (Å²) in [7, 11) is 0. The zero-order valence-electron chi connectivity index (χ0n) is 10.8. The highest BCUT2D eigenvalue weighted by atomic mass is 79.9. The lowest BCUT2D eigenvalue weighted by molar-refractivity contribution is 0.476. The SMILES string of the molecule is Cc1cc(F)ccc1Oc1ccc([C@H](C)N)c(Br)c1. The average Bonchev–Trinajstić information content (AvgIpc) is 2.32. The smallest absolute Gasteiger partial charge is 0.130 e. The van der Waals surface area contributed by atoms with Crippen LogP contribution in [0, 0.1) is 12.7 Å². The van der Waals surface area contributed by atoms with Gasteiger partial charge in [-0.15, -0.1) is 0 Å². The molecule has 0 saturated heterocycles. The molecule has 0 spiro atoms. The van der Waals surface area contributed by atoms with Crippen LogP contribution >= 0.6 is 15.9 Å². The Bertz CT molecular complexity index is 599. The van der Waals surface area contributed by atoms with Crippen molar-refractivity contribution >= 4 is 15.9 Å². The predicted molar refractivity (Wildman–Crippen MR) is 78.0 cm³/mol. The number of nitrogens with two attached hydrogens (primary N) is 1. The van der Waals surface area contributed by atoms with Crippen LogP contribution in [0.5, 0.6) is 11.5 Å². The lowest BCUT2D eigenvalue weighted by atomic mass is 10.1. The summed E-state index contributed by atoms with van der Waals surface area (Å²) in [6, 6.07) is 10.0. The number of halogens is 2. The fourth-order valence-corrected chi connectivity index (χ4v) is 2.51. The van der Waals surface area contributed by atoms with Crippen molar-refractivity contribution in [2.24, 2.45) is 5.73 Å². The number of hydrogen-bond acceptors (Lipinski definition) is 2. The summed E-state index contributed by atoms with van der Waals surface area (Å²) < 4.78 is 19.7. The Morgan fingerprint density at radius 1 is 1.21 bits per heavy atom. The van der Waals surface area contributed by atoms with E-state index in [-0.39, 0.29) is 11.9 Å². The fraction of sp³-hybridized carbons (Fsp3) is 0.200. The fourth-order valence-electron chi connectivity index (χ4n) is 1.79. The highest BCUT2D eigenvalue weighted by Crippen LogP contribution is 2.30. The molecule has 1 atom stereocenters. The average molecular weight is 324 g/mol. The summed E-state index contributed by atoms with van der Waals surface area (Å²) >= 11 is 3.47. The first-order chi connectivity index (χ1) is 8.97. The molecule has 0 fully saturated rings. The lowest BCUT2D eigenvalue weighted by Gasteiger charge is -2.12. The van der Waals surface area contributed by atoms with Crippen LogP contribution < -0.4 is 10.5 Å². The second kappa shape index (κ2) is 5.72. The number of rotatable bonds is 3. The van der Waals surface area contributed by atoms with Crippen LogP contribution in [0.15, 0.2) is 40.9 Å². The van der Waals surface area contributed by atoms with Crippen molar-refractivity contribution < 1.29 is 9.13 Å². The summed E-state index contributed by atoms with van der Waals surface area (Å²) in [6.07, 6.45) is 0. The zero-order chi connectivity index (χ0) is 14.0. The molecule has 0 amide bonds. The molecule has 2 N–H and O–H groups in total. The molecule has 2 rings (SSSR count). The first-order valence-corrected chi connectivity index (χ1v) is 6.75. The second-order valence-corrected chi connectivity index (χ2v) is 5.34. The monoisotopic (exact) mass is 323 g/mol. The first kappa shape index (κ1) is 14.0. The standard InChI is InChI=1S/C15H15BrFNO/c1-9-7-11(17)3-6-15(9)19-12-4-5-13(10(2)18)14(16)8-12/h3-8,10H,18H2,1-2H3/t10-/m0/s1. The Hall–Kier alpha value is -1.39. The van der Waals surface area contributed by atoms with Crippen LogP contribution in [0.25, 0.3) is 0 Å². The minimum Gasteiger partial charge on any atom is -0.457 e. The molecular weight excluding hydrogens is 309 g/mol. The Morgan fingerprint density at radius 3 is 2.53 bits per heavy atom. The van der Waals surface area contributed by atoms with E-state index in [0.717, 1.165) is 15.6 Å². The predicted octanol–water partition coefficient (Wildman–Crippen LogP) is 4.71. The number of ether oxygens (including phenoxy) is 1. The molecule has 100 valence electrons. The lowest BCUT2D eigenvalue weighted by Crippen LogP contribution is -2.05. The van der Waals surface area contributed by atoms with Gasteiger partial charge in [0.15, 0.2) is 0 Å². The van der Waals surface area contributed by atoms with Crippen LogP contribution in [0.3, 0.4) is 0 Å². The molecule has 0 unspecified atom stereocenters. The second-order valence-electron chi connectivity index (χ2n) is 4.48. The van der Waals surface area contributed by atoms with E-state index in [0.29, 0.717) is 11.5 Å². The van der Waals surface area contributed by atoms with E-state index in [9.17, 15) is 4.39 Å². The van der Waals surface area contributed by atoms with E-state index in [1.807, 2.05) is 32.0 Å². The van der Waals surface area contributed by atoms with Gasteiger partial charge in [-0.2, -0.15) is 0 Å². The molecule has 19 heavy (non-hydrogen) atoms. The van der Waals surface area contributed by atoms with Crippen LogP contribution in [-0.4, -0.2) is 0 Å². The van der Waals surface area contributed by atoms with Crippen LogP contribution in [0.2, 0.25) is 0 Å². The molecule has 4 heteroatoms. The van der Waals surface area contributed by atoms with E-state index >= 15 is 0 Å². The van der Waals surface area contributed by atoms with Crippen molar-refractivity contribution in [3.63, 3.8) is 0 Å². The highest BCUT2D eigenvalue weighted by Gasteiger charge is 2.08. The third-order valence-electron chi connectivity index (χ3n) is 2.83. The minimum atomic E-state index is -0.265. The summed E-state index contributed by atoms with van der Waals surface area (Å²) in [6.45, 7) is 3.73. The van der Waals surface area contributed by atoms with Crippen molar-refractivity contribution in [2.45, 2.75) is 19.9 Å². The first-order valence-electron chi connectivity index (χ1n) is 5.96. The highest BCUT2D eigenvalue weighted by molar-refractivity contribution is 9.10. The molecule has 0 aliphatic rings. The van der Waals surface area contributed by atoms with Gasteiger partial charge in [-0.05, 0) is 55.3 Å². The Labute approximate surface area is 120 Å². The van der Waals surface area contributed by atoms with Gasteiger partial charge in [0.1, 0.15) is 17.3 Å². The number of aryl methyl sites for hydroxylation is 1. The van der Waals surface area contributed by atoms with E-state index in [1.165, 1.54) is 12.1 Å². The molecule has 0 heterocycles. The maximum atomic E-state index is 13.0. The molecule has 2 aromatic rings. The maximum Gasteiger partial charge on any atom is 0.130 e. The van der Waals surface area contributed by atoms with E-state index < -0.39 is 0 Å². The summed E-state index contributed by atoms with van der Waals surface area (Å²) in [4.78, 5) is 0. The maximum absolute atomic E-state index is 13.0. The van der Waals surface area contributed by atoms with Gasteiger partial charge in [0.05, 0.1) is 0 Å². The molecule has 2 nitrogen and oxygen atoms in total. The summed E-state index contributed by atoms with van der Waals surface area (Å²) in [5, 5.41) is 0. The summed E-state index contributed by atoms with van der Waals surface area (Å²) in [5.41, 5.74) is 7.62. The molecule has 0 aliphatic heterocycles. The van der Waals surface area contributed by atoms with Gasteiger partial charge in [0.2, 0.25) is 0 Å². The van der Waals surface area contributed by atoms with Crippen molar-refractivity contribution in [3.8, 4) is 11.5 Å². The van der Waals surface area contributed by atoms with Gasteiger partial charge in [0, 0.05) is 10.5 Å². The molecule has 0 radical (unpaired) electrons. The number of benzene rings is 2. The van der Waals surface area contributed by atoms with Gasteiger partial charge >= 0.3 is 0 Å². The Balaban J connectivity index is 2.26. The molecule has 0 aromatic heterocycles. The normalized spacial score (nSPS) is 12.3. The van der Waals surface area contributed by atoms with E-state index in [1.54, 1.807) is 6.07 Å². The molecule has 2 aromatic carbocycles.